The molecule has 3 aromatic rings. The summed E-state index contributed by atoms with van der Waals surface area (Å²) in [6.07, 6.45) is 1.52. The summed E-state index contributed by atoms with van der Waals surface area (Å²) in [5.41, 5.74) is 8.56. The van der Waals surface area contributed by atoms with Crippen molar-refractivity contribution in [3.05, 3.63) is 53.4 Å². The van der Waals surface area contributed by atoms with Crippen molar-refractivity contribution in [2.75, 3.05) is 26.4 Å². The van der Waals surface area contributed by atoms with Gasteiger partial charge in [0.25, 0.3) is 5.89 Å². The molecule has 0 radical (unpaired) electrons. The molecule has 0 spiro atoms. The van der Waals surface area contributed by atoms with Crippen LogP contribution in [0.1, 0.15) is 35.9 Å². The molecule has 0 saturated carbocycles. The first-order valence-electron chi connectivity index (χ1n) is 11.7. The maximum atomic E-state index is 10.3. The molecular formula is C25H29N5O5. The first-order chi connectivity index (χ1) is 17.0. The molecule has 0 unspecified atom stereocenters. The molecule has 3 heterocycles. The monoisotopic (exact) mass is 479 g/mol. The van der Waals surface area contributed by atoms with Crippen LogP contribution in [0.25, 0.3) is 11.4 Å². The van der Waals surface area contributed by atoms with E-state index in [1.807, 2.05) is 37.3 Å². The predicted molar refractivity (Wildman–Crippen MR) is 128 cm³/mol. The van der Waals surface area contributed by atoms with Crippen LogP contribution in [0.2, 0.25) is 0 Å². The van der Waals surface area contributed by atoms with E-state index in [-0.39, 0.29) is 11.9 Å². The number of nitrogens with one attached hydrogen (secondary N) is 1. The van der Waals surface area contributed by atoms with E-state index in [0.29, 0.717) is 38.6 Å². The van der Waals surface area contributed by atoms with Crippen LogP contribution in [0.4, 0.5) is 0 Å². The van der Waals surface area contributed by atoms with Crippen molar-refractivity contribution in [2.45, 2.75) is 38.3 Å². The molecule has 1 saturated heterocycles. The fraction of sp³-hybridized carbons (Fsp3) is 0.400. The molecule has 2 aliphatic heterocycles. The topological polar surface area (TPSA) is 140 Å². The summed E-state index contributed by atoms with van der Waals surface area (Å²) in [7, 11) is 0. The third kappa shape index (κ3) is 4.88. The van der Waals surface area contributed by atoms with E-state index in [4.69, 9.17) is 29.9 Å². The lowest BCUT2D eigenvalue weighted by Crippen LogP contribution is -2.37. The third-order valence-corrected chi connectivity index (χ3v) is 6.28. The third-order valence-electron chi connectivity index (χ3n) is 6.28. The molecule has 0 bridgehead atoms. The van der Waals surface area contributed by atoms with Gasteiger partial charge in [-0.2, -0.15) is 4.98 Å². The van der Waals surface area contributed by atoms with Crippen LogP contribution >= 0.6 is 0 Å². The highest BCUT2D eigenvalue weighted by molar-refractivity contribution is 5.75. The number of benzene rings is 2. The van der Waals surface area contributed by atoms with Crippen LogP contribution in [-0.4, -0.2) is 58.6 Å². The van der Waals surface area contributed by atoms with Crippen molar-refractivity contribution >= 4 is 5.96 Å². The number of nitrogens with zero attached hydrogens (tertiary/aromatic N) is 3. The van der Waals surface area contributed by atoms with Crippen molar-refractivity contribution in [1.82, 2.24) is 15.0 Å². The van der Waals surface area contributed by atoms with Gasteiger partial charge in [0.2, 0.25) is 5.82 Å². The number of likely N-dealkylation sites (tertiary alicyclic amines) is 1. The van der Waals surface area contributed by atoms with Crippen LogP contribution < -0.4 is 19.9 Å². The zero-order chi connectivity index (χ0) is 24.4. The number of ether oxygens (including phenoxy) is 3. The molecule has 2 aromatic carbocycles. The van der Waals surface area contributed by atoms with Gasteiger partial charge < -0.3 is 34.5 Å². The average Bonchev–Trinajstić information content (AvgIpc) is 3.49. The Balaban J connectivity index is 1.18. The zero-order valence-corrected chi connectivity index (χ0v) is 19.6. The Morgan fingerprint density at radius 2 is 2.03 bits per heavy atom. The number of nitrogens with two attached hydrogens (primary N) is 1. The molecule has 2 aliphatic rings. The highest BCUT2D eigenvalue weighted by Gasteiger charge is 2.39. The van der Waals surface area contributed by atoms with Gasteiger partial charge in [0.05, 0.1) is 12.7 Å². The SMILES string of the molecule is Cc1cc(-c2noc([C@@H]3[C@@H](O)CCN3C(=N)N)n2)ccc1OCCCc1ccc2c(c1)OCCO2. The highest BCUT2D eigenvalue weighted by Crippen LogP contribution is 2.33. The highest BCUT2D eigenvalue weighted by atomic mass is 16.6. The van der Waals surface area contributed by atoms with Crippen molar-refractivity contribution < 1.29 is 23.8 Å². The standard InChI is InChI=1S/C25H29N5O5/c1-15-13-17(23-28-24(35-29-23)22-18(31)8-9-30(22)25(26)27)5-7-19(15)32-10-2-3-16-4-6-20-21(14-16)34-12-11-33-20/h4-7,13-14,18,22,31H,2-3,8-12H2,1H3,(H3,26,27)/t18-,22-/m0/s1. The van der Waals surface area contributed by atoms with Crippen LogP contribution in [0.5, 0.6) is 17.2 Å². The minimum atomic E-state index is -0.716. The van der Waals surface area contributed by atoms with Gasteiger partial charge in [0.15, 0.2) is 17.5 Å². The van der Waals surface area contributed by atoms with Gasteiger partial charge in [-0.3, -0.25) is 5.41 Å². The van der Waals surface area contributed by atoms with Crippen molar-refractivity contribution in [3.8, 4) is 28.6 Å². The van der Waals surface area contributed by atoms with Gasteiger partial charge in [-0.25, -0.2) is 0 Å². The van der Waals surface area contributed by atoms with E-state index in [2.05, 4.69) is 16.2 Å². The first-order valence-corrected chi connectivity index (χ1v) is 11.7. The number of guanidine groups is 1. The summed E-state index contributed by atoms with van der Waals surface area (Å²) in [6.45, 7) is 4.20. The fourth-order valence-electron chi connectivity index (χ4n) is 4.47. The van der Waals surface area contributed by atoms with E-state index in [1.165, 1.54) is 5.56 Å². The quantitative estimate of drug-likeness (QED) is 0.265. The largest absolute Gasteiger partial charge is 0.493 e. The Morgan fingerprint density at radius 1 is 1.20 bits per heavy atom. The Bertz CT molecular complexity index is 1210. The number of aliphatic hydroxyl groups excluding tert-OH is 1. The number of rotatable bonds is 7. The molecular weight excluding hydrogens is 450 g/mol. The molecule has 1 fully saturated rings. The van der Waals surface area contributed by atoms with Crippen LogP contribution in [0, 0.1) is 12.3 Å². The number of aromatic nitrogens is 2. The number of aliphatic hydroxyl groups is 1. The van der Waals surface area contributed by atoms with Crippen LogP contribution in [0.15, 0.2) is 40.9 Å². The number of fused-ring (bicyclic) bond motifs is 1. The number of hydrogen-bond donors (Lipinski definition) is 3. The number of hydrogen-bond acceptors (Lipinski definition) is 8. The summed E-state index contributed by atoms with van der Waals surface area (Å²) in [6, 6.07) is 11.2. The fourth-order valence-corrected chi connectivity index (χ4v) is 4.47. The Kier molecular flexibility index (Phi) is 6.45. The van der Waals surface area contributed by atoms with Crippen LogP contribution in [0.3, 0.4) is 0 Å². The van der Waals surface area contributed by atoms with Gasteiger partial charge >= 0.3 is 0 Å². The maximum absolute atomic E-state index is 10.3. The van der Waals surface area contributed by atoms with E-state index in [9.17, 15) is 5.11 Å². The minimum Gasteiger partial charge on any atom is -0.493 e. The van der Waals surface area contributed by atoms with E-state index in [1.54, 1.807) is 4.90 Å². The maximum Gasteiger partial charge on any atom is 0.252 e. The smallest absolute Gasteiger partial charge is 0.252 e. The molecule has 35 heavy (non-hydrogen) atoms. The summed E-state index contributed by atoms with van der Waals surface area (Å²) in [4.78, 5) is 6.03. The lowest BCUT2D eigenvalue weighted by Gasteiger charge is -2.22. The van der Waals surface area contributed by atoms with Crippen LogP contribution in [-0.2, 0) is 6.42 Å². The molecule has 1 aromatic heterocycles. The van der Waals surface area contributed by atoms with Crippen molar-refractivity contribution in [3.63, 3.8) is 0 Å². The van der Waals surface area contributed by atoms with Gasteiger partial charge in [-0.05, 0) is 67.6 Å². The molecule has 184 valence electrons. The molecule has 0 aliphatic carbocycles. The summed E-state index contributed by atoms with van der Waals surface area (Å²) < 4.78 is 22.6. The van der Waals surface area contributed by atoms with Crippen molar-refractivity contribution in [1.29, 1.82) is 5.41 Å². The Hall–Kier alpha value is -3.79. The van der Waals surface area contributed by atoms with Gasteiger partial charge in [0, 0.05) is 12.1 Å². The minimum absolute atomic E-state index is 0.127. The van der Waals surface area contributed by atoms with E-state index < -0.39 is 12.1 Å². The molecule has 5 rings (SSSR count). The molecule has 0 amide bonds. The van der Waals surface area contributed by atoms with Crippen molar-refractivity contribution in [2.24, 2.45) is 5.73 Å². The summed E-state index contributed by atoms with van der Waals surface area (Å²) in [5, 5.41) is 22.1. The van der Waals surface area contributed by atoms with Gasteiger partial charge in [0.1, 0.15) is 25.0 Å². The first kappa shape index (κ1) is 23.0. The van der Waals surface area contributed by atoms with E-state index in [0.717, 1.165) is 41.2 Å². The average molecular weight is 480 g/mol. The second-order valence-corrected chi connectivity index (χ2v) is 8.75. The summed E-state index contributed by atoms with van der Waals surface area (Å²) >= 11 is 0. The van der Waals surface area contributed by atoms with Gasteiger partial charge in [-0.15, -0.1) is 0 Å². The second kappa shape index (κ2) is 9.83. The molecule has 2 atom stereocenters. The lowest BCUT2D eigenvalue weighted by molar-refractivity contribution is 0.118. The van der Waals surface area contributed by atoms with Gasteiger partial charge in [-0.1, -0.05) is 11.2 Å². The molecule has 10 nitrogen and oxygen atoms in total. The number of aryl methyl sites for hydroxylation is 2. The zero-order valence-electron chi connectivity index (χ0n) is 19.6. The summed E-state index contributed by atoms with van der Waals surface area (Å²) in [5.74, 6) is 2.94. The Labute approximate surface area is 203 Å². The molecule has 10 heteroatoms. The normalized spacial score (nSPS) is 19.1. The second-order valence-electron chi connectivity index (χ2n) is 8.75. The van der Waals surface area contributed by atoms with E-state index >= 15 is 0 Å². The lowest BCUT2D eigenvalue weighted by atomic mass is 10.1. The molecule has 4 N–H and O–H groups in total. The Morgan fingerprint density at radius 3 is 2.83 bits per heavy atom. The predicted octanol–water partition coefficient (Wildman–Crippen LogP) is 2.83.